The number of amides is 5. The van der Waals surface area contributed by atoms with Crippen molar-refractivity contribution in [1.29, 1.82) is 0 Å². The molecular formula is C44H52N6O10S. The number of ether oxygens (including phenoxy) is 3. The molecule has 61 heavy (non-hydrogen) atoms. The molecule has 0 spiro atoms. The Hall–Kier alpha value is -5.97. The molecule has 0 radical (unpaired) electrons. The molecular weight excluding hydrogens is 805 g/mol. The Morgan fingerprint density at radius 1 is 1.02 bits per heavy atom. The minimum Gasteiger partial charge on any atom is -0.497 e. The predicted octanol–water partition coefficient (Wildman–Crippen LogP) is 4.00. The fraction of sp³-hybridized carbons (Fsp3) is 0.455. The van der Waals surface area contributed by atoms with Crippen molar-refractivity contribution >= 4 is 50.6 Å². The Morgan fingerprint density at radius 3 is 2.41 bits per heavy atom. The molecule has 7 rings (SSSR count). The Labute approximate surface area is 355 Å². The number of pyridine rings is 1. The number of aromatic nitrogens is 1. The predicted molar refractivity (Wildman–Crippen MR) is 226 cm³/mol. The Bertz CT molecular complexity index is 2320. The third-order valence-corrected chi connectivity index (χ3v) is 13.7. The van der Waals surface area contributed by atoms with Crippen LogP contribution in [-0.2, 0) is 33.9 Å². The molecule has 1 aliphatic heterocycles. The first-order valence-electron chi connectivity index (χ1n) is 20.6. The van der Waals surface area contributed by atoms with Crippen LogP contribution in [0.5, 0.6) is 11.5 Å². The average molecular weight is 857 g/mol. The quantitative estimate of drug-likeness (QED) is 0.131. The van der Waals surface area contributed by atoms with Crippen molar-refractivity contribution in [2.45, 2.75) is 92.9 Å². The van der Waals surface area contributed by atoms with Crippen molar-refractivity contribution in [2.24, 2.45) is 5.92 Å². The normalized spacial score (nSPS) is 22.7. The van der Waals surface area contributed by atoms with Crippen molar-refractivity contribution < 1.29 is 46.6 Å². The maximum atomic E-state index is 14.8. The topological polar surface area (TPSA) is 203 Å². The summed E-state index contributed by atoms with van der Waals surface area (Å²) in [5.41, 5.74) is 0.444. The molecule has 1 saturated heterocycles. The summed E-state index contributed by atoms with van der Waals surface area (Å²) < 4.78 is 45.7. The van der Waals surface area contributed by atoms with Gasteiger partial charge in [0.15, 0.2) is 0 Å². The maximum Gasteiger partial charge on any atom is 0.408 e. The molecule has 2 heterocycles. The summed E-state index contributed by atoms with van der Waals surface area (Å²) in [7, 11) is -0.873. The zero-order valence-corrected chi connectivity index (χ0v) is 35.2. The second kappa shape index (κ2) is 17.9. The number of rotatable bonds is 17. The first-order valence-corrected chi connectivity index (χ1v) is 22.2. The van der Waals surface area contributed by atoms with Gasteiger partial charge in [0, 0.05) is 42.9 Å². The van der Waals surface area contributed by atoms with Crippen LogP contribution in [0.15, 0.2) is 79.9 Å². The SMILES string of the molecule is C=CC(=O)N(C)CC[C@@H](NC(=O)OC1CCCC1)C(=O)N1C[C@H](Oc2cc(-c3ccccc3)nc3ccc(OC)cc23)C[C@H]1C(=O)N[C@]1(C(=O)NS(=O)(=O)C2CC2)C[C@H]1C=C. The minimum absolute atomic E-state index is 0.0375. The molecule has 3 aromatic rings. The van der Waals surface area contributed by atoms with E-state index in [9.17, 15) is 32.4 Å². The highest BCUT2D eigenvalue weighted by Crippen LogP contribution is 2.46. The zero-order valence-electron chi connectivity index (χ0n) is 34.3. The summed E-state index contributed by atoms with van der Waals surface area (Å²) in [6.07, 6.45) is 4.80. The first-order chi connectivity index (χ1) is 29.2. The third kappa shape index (κ3) is 9.66. The van der Waals surface area contributed by atoms with Gasteiger partial charge in [0.2, 0.25) is 27.7 Å². The van der Waals surface area contributed by atoms with Crippen LogP contribution in [0.1, 0.15) is 57.8 Å². The first kappa shape index (κ1) is 43.1. The van der Waals surface area contributed by atoms with Gasteiger partial charge in [-0.15, -0.1) is 6.58 Å². The van der Waals surface area contributed by atoms with Crippen molar-refractivity contribution in [1.82, 2.24) is 30.1 Å². The lowest BCUT2D eigenvalue weighted by Crippen LogP contribution is -2.58. The Balaban J connectivity index is 1.21. The molecule has 3 aliphatic carbocycles. The average Bonchev–Trinajstić information content (AvgIpc) is 4.14. The van der Waals surface area contributed by atoms with E-state index >= 15 is 0 Å². The molecule has 17 heteroatoms. The van der Waals surface area contributed by atoms with E-state index in [1.54, 1.807) is 25.3 Å². The minimum atomic E-state index is -3.95. The number of benzene rings is 2. The molecule has 4 fully saturated rings. The van der Waals surface area contributed by atoms with Crippen LogP contribution in [0, 0.1) is 5.92 Å². The van der Waals surface area contributed by atoms with E-state index in [1.807, 2.05) is 36.4 Å². The number of sulfonamides is 1. The number of nitrogens with zero attached hydrogens (tertiary/aromatic N) is 3. The van der Waals surface area contributed by atoms with Gasteiger partial charge in [0.25, 0.3) is 5.91 Å². The summed E-state index contributed by atoms with van der Waals surface area (Å²) in [4.78, 5) is 76.3. The fourth-order valence-corrected chi connectivity index (χ4v) is 9.47. The standard InChI is InChI=1S/C44H52N6O10S/c1-5-28-25-44(28,42(54)48-61(56,57)32-17-18-32)47-40(52)37-23-31(59-38-24-36(27-12-8-7-9-13-27)45-34-19-16-30(58-4)22-33(34)38)26-50(37)41(53)35(20-21-49(3)39(51)6-2)46-43(55)60-29-14-10-11-15-29/h5-9,12-13,16,19,22,24,28-29,31-32,35,37H,1-2,10-11,14-15,17-18,20-21,23,25-26H2,3-4H3,(H,46,55)(H,47,52)(H,48,54)/t28-,31-,35-,37+,44-/m1/s1. The van der Waals surface area contributed by atoms with Gasteiger partial charge >= 0.3 is 6.09 Å². The molecule has 4 aliphatic rings. The lowest BCUT2D eigenvalue weighted by Gasteiger charge is -2.30. The molecule has 16 nitrogen and oxygen atoms in total. The van der Waals surface area contributed by atoms with E-state index in [2.05, 4.69) is 28.5 Å². The van der Waals surface area contributed by atoms with E-state index in [0.29, 0.717) is 53.8 Å². The second-order valence-electron chi connectivity index (χ2n) is 16.2. The van der Waals surface area contributed by atoms with Crippen LogP contribution in [0.4, 0.5) is 4.79 Å². The third-order valence-electron chi connectivity index (χ3n) is 11.9. The van der Waals surface area contributed by atoms with E-state index in [1.165, 1.54) is 22.9 Å². The summed E-state index contributed by atoms with van der Waals surface area (Å²) in [5.74, 6) is -2.25. The number of alkyl carbamates (subject to hydrolysis) is 1. The van der Waals surface area contributed by atoms with Crippen molar-refractivity contribution in [3.8, 4) is 22.8 Å². The second-order valence-corrected chi connectivity index (χ2v) is 18.1. The van der Waals surface area contributed by atoms with Gasteiger partial charge in [-0.05, 0) is 75.6 Å². The molecule has 3 N–H and O–H groups in total. The van der Waals surface area contributed by atoms with Crippen LogP contribution in [-0.4, -0.2) is 115 Å². The molecule has 2 aromatic carbocycles. The van der Waals surface area contributed by atoms with E-state index in [4.69, 9.17) is 19.2 Å². The molecule has 0 unspecified atom stereocenters. The van der Waals surface area contributed by atoms with Gasteiger partial charge in [-0.1, -0.05) is 43.0 Å². The van der Waals surface area contributed by atoms with E-state index < -0.39 is 74.6 Å². The number of hydrogen-bond donors (Lipinski definition) is 3. The number of carbonyl (C=O) groups excluding carboxylic acids is 5. The van der Waals surface area contributed by atoms with Crippen LogP contribution in [0.3, 0.4) is 0 Å². The van der Waals surface area contributed by atoms with Gasteiger partial charge in [-0.2, -0.15) is 0 Å². The summed E-state index contributed by atoms with van der Waals surface area (Å²) in [6.45, 7) is 7.25. The number of likely N-dealkylation sites (tertiary alicyclic amines) is 1. The van der Waals surface area contributed by atoms with Crippen molar-refractivity contribution in [2.75, 3.05) is 27.2 Å². The summed E-state index contributed by atoms with van der Waals surface area (Å²) >= 11 is 0. The number of methoxy groups -OCH3 is 1. The molecule has 5 amide bonds. The van der Waals surface area contributed by atoms with Crippen LogP contribution in [0.25, 0.3) is 22.2 Å². The van der Waals surface area contributed by atoms with Crippen LogP contribution in [0.2, 0.25) is 0 Å². The number of fused-ring (bicyclic) bond motifs is 1. The lowest BCUT2D eigenvalue weighted by atomic mass is 10.1. The van der Waals surface area contributed by atoms with Crippen molar-refractivity contribution in [3.05, 3.63) is 79.9 Å². The van der Waals surface area contributed by atoms with E-state index in [0.717, 1.165) is 24.5 Å². The van der Waals surface area contributed by atoms with Crippen LogP contribution < -0.4 is 24.8 Å². The number of carbonyl (C=O) groups is 5. The molecule has 3 saturated carbocycles. The van der Waals surface area contributed by atoms with Gasteiger partial charge in [0.05, 0.1) is 30.1 Å². The molecule has 324 valence electrons. The number of hydrogen-bond acceptors (Lipinski definition) is 11. The highest BCUT2D eigenvalue weighted by atomic mass is 32.2. The van der Waals surface area contributed by atoms with Gasteiger partial charge in [-0.3, -0.25) is 23.9 Å². The Morgan fingerprint density at radius 2 is 1.75 bits per heavy atom. The maximum absolute atomic E-state index is 14.8. The molecule has 5 atom stereocenters. The highest BCUT2D eigenvalue weighted by Gasteiger charge is 2.62. The highest BCUT2D eigenvalue weighted by molar-refractivity contribution is 7.91. The van der Waals surface area contributed by atoms with Crippen molar-refractivity contribution in [3.63, 3.8) is 0 Å². The fourth-order valence-electron chi connectivity index (χ4n) is 8.11. The summed E-state index contributed by atoms with van der Waals surface area (Å²) in [5, 5.41) is 5.44. The Kier molecular flexibility index (Phi) is 12.7. The summed E-state index contributed by atoms with van der Waals surface area (Å²) in [6, 6.07) is 14.2. The lowest BCUT2D eigenvalue weighted by molar-refractivity contribution is -0.141. The number of likely N-dealkylation sites (N-methyl/N-ethyl adjacent to an activating group) is 1. The van der Waals surface area contributed by atoms with E-state index in [-0.39, 0.29) is 38.5 Å². The van der Waals surface area contributed by atoms with Gasteiger partial charge in [0.1, 0.15) is 41.3 Å². The smallest absolute Gasteiger partial charge is 0.408 e. The van der Waals surface area contributed by atoms with Crippen LogP contribution >= 0.6 is 0 Å². The molecule has 1 aromatic heterocycles. The van der Waals surface area contributed by atoms with Gasteiger partial charge in [-0.25, -0.2) is 18.2 Å². The largest absolute Gasteiger partial charge is 0.497 e. The zero-order chi connectivity index (χ0) is 43.5. The van der Waals surface area contributed by atoms with Gasteiger partial charge < -0.3 is 34.6 Å². The molecule has 0 bridgehead atoms. The monoisotopic (exact) mass is 856 g/mol. The number of nitrogens with one attached hydrogen (secondary N) is 3.